The fourth-order valence-electron chi connectivity index (χ4n) is 1.31. The summed E-state index contributed by atoms with van der Waals surface area (Å²) in [6.07, 6.45) is 1.78. The Kier molecular flexibility index (Phi) is 5.06. The van der Waals surface area contributed by atoms with E-state index in [2.05, 4.69) is 29.4 Å². The Morgan fingerprint density at radius 1 is 1.00 bits per heavy atom. The summed E-state index contributed by atoms with van der Waals surface area (Å²) in [5.74, 6) is 0.873. The molecular weight excluding hydrogens is 196 g/mol. The molecule has 0 saturated heterocycles. The summed E-state index contributed by atoms with van der Waals surface area (Å²) in [6.45, 7) is 6.07. The lowest BCUT2D eigenvalue weighted by atomic mass is 10.2. The van der Waals surface area contributed by atoms with Gasteiger partial charge in [-0.15, -0.1) is 0 Å². The molecule has 0 aliphatic carbocycles. The number of nitrogens with one attached hydrogen (secondary N) is 1. The summed E-state index contributed by atoms with van der Waals surface area (Å²) in [4.78, 5) is 4.19. The molecule has 0 spiro atoms. The van der Waals surface area contributed by atoms with E-state index >= 15 is 0 Å². The minimum absolute atomic E-state index is 0.873. The average Bonchev–Trinajstić information content (AvgIpc) is 2.33. The van der Waals surface area contributed by atoms with Gasteiger partial charge in [0.05, 0.1) is 0 Å². The van der Waals surface area contributed by atoms with Crippen molar-refractivity contribution in [2.24, 2.45) is 0 Å². The molecule has 2 aromatic rings. The molecule has 0 fully saturated rings. The van der Waals surface area contributed by atoms with E-state index < -0.39 is 0 Å². The van der Waals surface area contributed by atoms with Gasteiger partial charge in [-0.05, 0) is 36.8 Å². The van der Waals surface area contributed by atoms with Crippen LogP contribution in [0.4, 0.5) is 11.5 Å². The van der Waals surface area contributed by atoms with Crippen molar-refractivity contribution in [3.8, 4) is 0 Å². The number of anilines is 2. The third-order valence-electron chi connectivity index (χ3n) is 1.96. The minimum atomic E-state index is 0.873. The maximum Gasteiger partial charge on any atom is 0.130 e. The van der Waals surface area contributed by atoms with Crippen LogP contribution in [0.1, 0.15) is 19.4 Å². The van der Waals surface area contributed by atoms with Crippen LogP contribution in [0.2, 0.25) is 0 Å². The van der Waals surface area contributed by atoms with Crippen molar-refractivity contribution >= 4 is 11.5 Å². The molecule has 1 N–H and O–H groups in total. The van der Waals surface area contributed by atoms with Gasteiger partial charge in [0.2, 0.25) is 0 Å². The van der Waals surface area contributed by atoms with Crippen LogP contribution in [-0.4, -0.2) is 4.98 Å². The second-order valence-electron chi connectivity index (χ2n) is 3.21. The highest BCUT2D eigenvalue weighted by Crippen LogP contribution is 2.14. The zero-order valence-corrected chi connectivity index (χ0v) is 10.1. The fourth-order valence-corrected chi connectivity index (χ4v) is 1.31. The molecule has 0 aliphatic heterocycles. The van der Waals surface area contributed by atoms with Gasteiger partial charge in [-0.2, -0.15) is 0 Å². The van der Waals surface area contributed by atoms with Crippen LogP contribution in [0.15, 0.2) is 48.7 Å². The molecule has 0 unspecified atom stereocenters. The lowest BCUT2D eigenvalue weighted by Crippen LogP contribution is -1.92. The first kappa shape index (κ1) is 12.2. The molecule has 0 amide bonds. The summed E-state index contributed by atoms with van der Waals surface area (Å²) < 4.78 is 0. The number of benzene rings is 1. The van der Waals surface area contributed by atoms with Crippen LogP contribution in [-0.2, 0) is 0 Å². The van der Waals surface area contributed by atoms with Crippen molar-refractivity contribution in [2.45, 2.75) is 20.8 Å². The van der Waals surface area contributed by atoms with Gasteiger partial charge in [0.1, 0.15) is 5.82 Å². The molecule has 0 radical (unpaired) electrons. The molecule has 1 aromatic carbocycles. The third-order valence-corrected chi connectivity index (χ3v) is 1.96. The summed E-state index contributed by atoms with van der Waals surface area (Å²) in [6, 6.07) is 14.0. The summed E-state index contributed by atoms with van der Waals surface area (Å²) in [5, 5.41) is 3.23. The number of hydrogen-bond donors (Lipinski definition) is 1. The zero-order chi connectivity index (χ0) is 11.8. The van der Waals surface area contributed by atoms with Crippen LogP contribution in [0.5, 0.6) is 0 Å². The number of hydrogen-bond acceptors (Lipinski definition) is 2. The van der Waals surface area contributed by atoms with E-state index in [0.29, 0.717) is 0 Å². The van der Waals surface area contributed by atoms with E-state index in [1.807, 2.05) is 44.2 Å². The predicted octanol–water partition coefficient (Wildman–Crippen LogP) is 4.16. The first-order valence-electron chi connectivity index (χ1n) is 5.59. The molecule has 0 saturated carbocycles. The minimum Gasteiger partial charge on any atom is -0.340 e. The maximum absolute atomic E-state index is 4.19. The zero-order valence-electron chi connectivity index (χ0n) is 10.1. The summed E-state index contributed by atoms with van der Waals surface area (Å²) >= 11 is 0. The number of pyridine rings is 1. The van der Waals surface area contributed by atoms with Crippen LogP contribution in [0.3, 0.4) is 0 Å². The predicted molar refractivity (Wildman–Crippen MR) is 70.0 cm³/mol. The Morgan fingerprint density at radius 2 is 1.81 bits per heavy atom. The number of nitrogens with zero attached hydrogens (tertiary/aromatic N) is 1. The van der Waals surface area contributed by atoms with E-state index in [-0.39, 0.29) is 0 Å². The van der Waals surface area contributed by atoms with Gasteiger partial charge in [0.25, 0.3) is 0 Å². The first-order chi connectivity index (χ1) is 7.84. The van der Waals surface area contributed by atoms with Crippen LogP contribution in [0.25, 0.3) is 0 Å². The highest BCUT2D eigenvalue weighted by molar-refractivity contribution is 5.56. The number of aromatic nitrogens is 1. The summed E-state index contributed by atoms with van der Waals surface area (Å²) in [7, 11) is 0. The van der Waals surface area contributed by atoms with Crippen molar-refractivity contribution < 1.29 is 0 Å². The quantitative estimate of drug-likeness (QED) is 0.812. The van der Waals surface area contributed by atoms with Gasteiger partial charge < -0.3 is 5.32 Å². The van der Waals surface area contributed by atoms with E-state index in [1.165, 1.54) is 5.56 Å². The van der Waals surface area contributed by atoms with Crippen molar-refractivity contribution in [1.82, 2.24) is 4.98 Å². The van der Waals surface area contributed by atoms with Gasteiger partial charge in [-0.25, -0.2) is 4.98 Å². The van der Waals surface area contributed by atoms with Crippen LogP contribution < -0.4 is 5.32 Å². The van der Waals surface area contributed by atoms with Crippen LogP contribution >= 0.6 is 0 Å². The largest absolute Gasteiger partial charge is 0.340 e. The number of aryl methyl sites for hydroxylation is 1. The molecule has 0 aliphatic rings. The Bertz CT molecular complexity index is 410. The molecule has 2 heteroatoms. The van der Waals surface area contributed by atoms with Gasteiger partial charge in [0, 0.05) is 11.9 Å². The Morgan fingerprint density at radius 3 is 2.44 bits per heavy atom. The second kappa shape index (κ2) is 6.62. The molecule has 1 heterocycles. The maximum atomic E-state index is 4.19. The molecule has 16 heavy (non-hydrogen) atoms. The van der Waals surface area contributed by atoms with Gasteiger partial charge in [-0.1, -0.05) is 32.0 Å². The van der Waals surface area contributed by atoms with Gasteiger partial charge >= 0.3 is 0 Å². The van der Waals surface area contributed by atoms with E-state index in [4.69, 9.17) is 0 Å². The SMILES string of the molecule is CC.Cc1cccc(Nc2ccccn2)c1. The lowest BCUT2D eigenvalue weighted by Gasteiger charge is -2.05. The molecule has 0 bridgehead atoms. The van der Waals surface area contributed by atoms with Crippen molar-refractivity contribution in [3.05, 3.63) is 54.2 Å². The van der Waals surface area contributed by atoms with Crippen molar-refractivity contribution in [3.63, 3.8) is 0 Å². The highest BCUT2D eigenvalue weighted by Gasteiger charge is 1.93. The highest BCUT2D eigenvalue weighted by atomic mass is 15.0. The van der Waals surface area contributed by atoms with E-state index in [9.17, 15) is 0 Å². The average molecular weight is 214 g/mol. The third kappa shape index (κ3) is 3.73. The molecule has 2 rings (SSSR count). The van der Waals surface area contributed by atoms with Gasteiger partial charge in [-0.3, -0.25) is 0 Å². The Hall–Kier alpha value is -1.83. The van der Waals surface area contributed by atoms with Gasteiger partial charge in [0.15, 0.2) is 0 Å². The second-order valence-corrected chi connectivity index (χ2v) is 3.21. The summed E-state index contributed by atoms with van der Waals surface area (Å²) in [5.41, 5.74) is 2.31. The van der Waals surface area contributed by atoms with Crippen molar-refractivity contribution in [2.75, 3.05) is 5.32 Å². The van der Waals surface area contributed by atoms with E-state index in [0.717, 1.165) is 11.5 Å². The topological polar surface area (TPSA) is 24.9 Å². The Balaban J connectivity index is 0.000000606. The standard InChI is InChI=1S/C12H12N2.C2H6/c1-10-5-4-6-11(9-10)14-12-7-2-3-8-13-12;1-2/h2-9H,1H3,(H,13,14);1-2H3. The molecule has 1 aromatic heterocycles. The number of rotatable bonds is 2. The van der Waals surface area contributed by atoms with Crippen LogP contribution in [0, 0.1) is 6.92 Å². The fraction of sp³-hybridized carbons (Fsp3) is 0.214. The lowest BCUT2D eigenvalue weighted by molar-refractivity contribution is 1.30. The molecule has 2 nitrogen and oxygen atoms in total. The Labute approximate surface area is 97.4 Å². The normalized spacial score (nSPS) is 8.94. The molecular formula is C14H18N2. The van der Waals surface area contributed by atoms with E-state index in [1.54, 1.807) is 6.20 Å². The smallest absolute Gasteiger partial charge is 0.130 e. The molecule has 84 valence electrons. The molecule has 0 atom stereocenters. The monoisotopic (exact) mass is 214 g/mol. The van der Waals surface area contributed by atoms with Crippen molar-refractivity contribution in [1.29, 1.82) is 0 Å². The first-order valence-corrected chi connectivity index (χ1v) is 5.59.